The Balaban J connectivity index is 1.71. The van der Waals surface area contributed by atoms with Crippen molar-refractivity contribution in [1.82, 2.24) is 24.3 Å². The van der Waals surface area contributed by atoms with E-state index in [0.29, 0.717) is 11.5 Å². The molecule has 6 heteroatoms. The van der Waals surface area contributed by atoms with Gasteiger partial charge in [0.15, 0.2) is 6.29 Å². The number of carbonyl (C=O) groups excluding carboxylic acids is 1. The summed E-state index contributed by atoms with van der Waals surface area (Å²) in [6.07, 6.45) is 4.67. The number of aryl methyl sites for hydroxylation is 4. The molecule has 0 unspecified atom stereocenters. The van der Waals surface area contributed by atoms with Gasteiger partial charge in [0.25, 0.3) is 5.95 Å². The van der Waals surface area contributed by atoms with Crippen molar-refractivity contribution in [2.75, 3.05) is 0 Å². The van der Waals surface area contributed by atoms with E-state index in [4.69, 9.17) is 5.10 Å². The predicted octanol–water partition coefficient (Wildman–Crippen LogP) is 4.26. The van der Waals surface area contributed by atoms with Crippen molar-refractivity contribution in [2.45, 2.75) is 40.5 Å². The lowest BCUT2D eigenvalue weighted by Crippen LogP contribution is -2.08. The quantitative estimate of drug-likeness (QED) is 0.485. The molecule has 1 aliphatic rings. The second-order valence-electron chi connectivity index (χ2n) is 8.01. The zero-order chi connectivity index (χ0) is 21.0. The van der Waals surface area contributed by atoms with Crippen molar-refractivity contribution in [1.29, 1.82) is 0 Å². The first-order valence-electron chi connectivity index (χ1n) is 10.1. The summed E-state index contributed by atoms with van der Waals surface area (Å²) in [4.78, 5) is 21.2. The topological polar surface area (TPSA) is 65.6 Å². The fourth-order valence-corrected chi connectivity index (χ4v) is 4.43. The number of aldehydes is 1. The van der Waals surface area contributed by atoms with Crippen LogP contribution in [0.4, 0.5) is 0 Å². The molecule has 3 aromatic heterocycles. The Morgan fingerprint density at radius 3 is 2.33 bits per heavy atom. The Hall–Kier alpha value is -3.54. The first kappa shape index (κ1) is 18.5. The molecule has 0 saturated heterocycles. The van der Waals surface area contributed by atoms with E-state index in [9.17, 15) is 4.79 Å². The van der Waals surface area contributed by atoms with E-state index in [1.54, 1.807) is 4.68 Å². The summed E-state index contributed by atoms with van der Waals surface area (Å²) in [5, 5.41) is 4.83. The van der Waals surface area contributed by atoms with Crippen LogP contribution in [0.2, 0.25) is 0 Å². The monoisotopic (exact) mass is 397 g/mol. The average Bonchev–Trinajstić information content (AvgIpc) is 3.26. The van der Waals surface area contributed by atoms with E-state index >= 15 is 0 Å². The number of hydrogen-bond acceptors (Lipinski definition) is 4. The largest absolute Gasteiger partial charge is 0.317 e. The molecule has 4 aromatic rings. The molecule has 0 aliphatic heterocycles. The van der Waals surface area contributed by atoms with Gasteiger partial charge in [-0.25, -0.2) is 14.6 Å². The Kier molecular flexibility index (Phi) is 4.17. The smallest absolute Gasteiger partial charge is 0.250 e. The number of nitrogens with zero attached hydrogens (tertiary/aromatic N) is 5. The highest BCUT2D eigenvalue weighted by molar-refractivity contribution is 5.92. The van der Waals surface area contributed by atoms with Gasteiger partial charge in [-0.3, -0.25) is 4.79 Å². The van der Waals surface area contributed by atoms with E-state index in [1.807, 2.05) is 33.0 Å². The van der Waals surface area contributed by atoms with Crippen molar-refractivity contribution in [3.05, 3.63) is 76.0 Å². The average molecular weight is 397 g/mol. The van der Waals surface area contributed by atoms with E-state index in [0.717, 1.165) is 64.4 Å². The van der Waals surface area contributed by atoms with Gasteiger partial charge in [0.2, 0.25) is 0 Å². The summed E-state index contributed by atoms with van der Waals surface area (Å²) in [6.45, 7) is 7.99. The first-order valence-corrected chi connectivity index (χ1v) is 10.1. The maximum absolute atomic E-state index is 12.1. The minimum absolute atomic E-state index is 0.561. The number of aromatic nitrogens is 5. The molecule has 0 saturated carbocycles. The Morgan fingerprint density at radius 1 is 0.967 bits per heavy atom. The maximum atomic E-state index is 12.1. The lowest BCUT2D eigenvalue weighted by molar-refractivity contribution is 0.112. The molecule has 0 bridgehead atoms. The Morgan fingerprint density at radius 2 is 1.67 bits per heavy atom. The number of fused-ring (bicyclic) bond motifs is 3. The Bertz CT molecular complexity index is 1270. The molecule has 3 heterocycles. The first-order chi connectivity index (χ1) is 14.5. The van der Waals surface area contributed by atoms with Gasteiger partial charge in [0.1, 0.15) is 0 Å². The van der Waals surface area contributed by atoms with Gasteiger partial charge in [-0.1, -0.05) is 17.7 Å². The van der Waals surface area contributed by atoms with E-state index < -0.39 is 0 Å². The molecule has 6 nitrogen and oxygen atoms in total. The van der Waals surface area contributed by atoms with Crippen molar-refractivity contribution >= 4 is 6.29 Å². The molecule has 0 fully saturated rings. The van der Waals surface area contributed by atoms with Crippen LogP contribution in [0.3, 0.4) is 0 Å². The number of rotatable bonds is 3. The number of hydrogen-bond donors (Lipinski definition) is 0. The molecular formula is C24H23N5O. The van der Waals surface area contributed by atoms with Crippen LogP contribution in [0.25, 0.3) is 22.9 Å². The van der Waals surface area contributed by atoms with Crippen LogP contribution < -0.4 is 0 Å². The van der Waals surface area contributed by atoms with E-state index in [-0.39, 0.29) is 0 Å². The SMILES string of the molecule is Cc1ccc(-n2c(C)c(C=O)c3c2CCc2cn(-c4nc(C)cc(C)n4)nc2-3)cc1. The lowest BCUT2D eigenvalue weighted by atomic mass is 9.93. The van der Waals surface area contributed by atoms with Crippen LogP contribution in [0, 0.1) is 27.7 Å². The normalized spacial score (nSPS) is 12.5. The zero-order valence-electron chi connectivity index (χ0n) is 17.6. The highest BCUT2D eigenvalue weighted by Crippen LogP contribution is 2.39. The van der Waals surface area contributed by atoms with Crippen molar-refractivity contribution < 1.29 is 4.79 Å². The number of benzene rings is 1. The summed E-state index contributed by atoms with van der Waals surface area (Å²) in [6, 6.07) is 10.4. The third-order valence-electron chi connectivity index (χ3n) is 5.80. The van der Waals surface area contributed by atoms with Crippen LogP contribution in [-0.2, 0) is 12.8 Å². The molecule has 150 valence electrons. The summed E-state index contributed by atoms with van der Waals surface area (Å²) >= 11 is 0. The predicted molar refractivity (Wildman–Crippen MR) is 116 cm³/mol. The molecule has 0 radical (unpaired) electrons. The second-order valence-corrected chi connectivity index (χ2v) is 8.01. The van der Waals surface area contributed by atoms with Crippen LogP contribution in [0.15, 0.2) is 36.5 Å². The summed E-state index contributed by atoms with van der Waals surface area (Å²) in [5.74, 6) is 0.561. The van der Waals surface area contributed by atoms with Gasteiger partial charge in [0.05, 0.1) is 5.69 Å². The van der Waals surface area contributed by atoms with Gasteiger partial charge < -0.3 is 4.57 Å². The van der Waals surface area contributed by atoms with Gasteiger partial charge in [0, 0.05) is 45.8 Å². The molecule has 1 aliphatic carbocycles. The number of carbonyl (C=O) groups is 1. The third kappa shape index (κ3) is 2.79. The molecular weight excluding hydrogens is 374 g/mol. The molecule has 0 spiro atoms. The van der Waals surface area contributed by atoms with Gasteiger partial charge in [-0.05, 0) is 64.3 Å². The third-order valence-corrected chi connectivity index (χ3v) is 5.80. The highest BCUT2D eigenvalue weighted by atomic mass is 16.1. The van der Waals surface area contributed by atoms with Gasteiger partial charge in [-0.2, -0.15) is 5.10 Å². The zero-order valence-corrected chi connectivity index (χ0v) is 17.6. The minimum Gasteiger partial charge on any atom is -0.317 e. The lowest BCUT2D eigenvalue weighted by Gasteiger charge is -2.16. The molecule has 1 aromatic carbocycles. The molecule has 30 heavy (non-hydrogen) atoms. The van der Waals surface area contributed by atoms with Crippen LogP contribution >= 0.6 is 0 Å². The molecule has 5 rings (SSSR count). The maximum Gasteiger partial charge on any atom is 0.250 e. The molecule has 0 atom stereocenters. The fourth-order valence-electron chi connectivity index (χ4n) is 4.43. The summed E-state index contributed by atoms with van der Waals surface area (Å²) < 4.78 is 3.95. The van der Waals surface area contributed by atoms with Crippen LogP contribution in [0.5, 0.6) is 0 Å². The van der Waals surface area contributed by atoms with Crippen molar-refractivity contribution in [2.24, 2.45) is 0 Å². The molecule has 0 amide bonds. The highest BCUT2D eigenvalue weighted by Gasteiger charge is 2.29. The van der Waals surface area contributed by atoms with Crippen LogP contribution in [0.1, 0.15) is 44.3 Å². The van der Waals surface area contributed by atoms with Gasteiger partial charge >= 0.3 is 0 Å². The molecule has 0 N–H and O–H groups in total. The fraction of sp³-hybridized carbons (Fsp3) is 0.250. The van der Waals surface area contributed by atoms with Gasteiger partial charge in [-0.15, -0.1) is 0 Å². The minimum atomic E-state index is 0.561. The summed E-state index contributed by atoms with van der Waals surface area (Å²) in [7, 11) is 0. The van der Waals surface area contributed by atoms with Crippen molar-refractivity contribution in [3.8, 4) is 22.9 Å². The second kappa shape index (κ2) is 6.76. The van der Waals surface area contributed by atoms with E-state index in [1.165, 1.54) is 5.56 Å². The van der Waals surface area contributed by atoms with Crippen molar-refractivity contribution in [3.63, 3.8) is 0 Å². The Labute approximate surface area is 175 Å². The summed E-state index contributed by atoms with van der Waals surface area (Å²) in [5.41, 5.74) is 9.80. The van der Waals surface area contributed by atoms with Crippen LogP contribution in [-0.4, -0.2) is 30.6 Å². The standard InChI is InChI=1S/C24H23N5O/c1-14-5-8-19(9-6-14)29-17(4)20(13-30)22-21(29)10-7-18-12-28(27-23(18)22)24-25-15(2)11-16(3)26-24/h5-6,8-9,11-13H,7,10H2,1-4H3. The van der Waals surface area contributed by atoms with E-state index in [2.05, 4.69) is 45.7 Å².